The number of rotatable bonds is 5. The summed E-state index contributed by atoms with van der Waals surface area (Å²) in [5.74, 6) is 1.83. The van der Waals surface area contributed by atoms with Crippen LogP contribution in [0.15, 0.2) is 12.2 Å². The van der Waals surface area contributed by atoms with Crippen molar-refractivity contribution in [1.82, 2.24) is 0 Å². The summed E-state index contributed by atoms with van der Waals surface area (Å²) in [6.07, 6.45) is 4.89. The quantitative estimate of drug-likeness (QED) is 0.455. The van der Waals surface area contributed by atoms with Crippen LogP contribution in [-0.2, 0) is 9.53 Å². The highest BCUT2D eigenvalue weighted by molar-refractivity contribution is 7.80. The molecule has 0 saturated heterocycles. The lowest BCUT2D eigenvalue weighted by molar-refractivity contribution is -0.143. The van der Waals surface area contributed by atoms with Crippen molar-refractivity contribution in [3.05, 3.63) is 12.2 Å². The van der Waals surface area contributed by atoms with Crippen LogP contribution in [0.1, 0.15) is 39.0 Å². The van der Waals surface area contributed by atoms with E-state index >= 15 is 0 Å². The van der Waals surface area contributed by atoms with Gasteiger partial charge in [0, 0.05) is 5.75 Å². The number of allylic oxidation sites excluding steroid dienone is 1. The third-order valence-electron chi connectivity index (χ3n) is 3.06. The van der Waals surface area contributed by atoms with E-state index in [0.29, 0.717) is 24.7 Å². The monoisotopic (exact) mass is 242 g/mol. The van der Waals surface area contributed by atoms with E-state index in [1.165, 1.54) is 12.0 Å². The summed E-state index contributed by atoms with van der Waals surface area (Å²) in [7, 11) is 0. The van der Waals surface area contributed by atoms with Gasteiger partial charge < -0.3 is 4.74 Å². The molecule has 2 unspecified atom stereocenters. The molecule has 0 radical (unpaired) electrons. The molecule has 1 fully saturated rings. The van der Waals surface area contributed by atoms with Gasteiger partial charge in [-0.15, -0.1) is 0 Å². The van der Waals surface area contributed by atoms with Gasteiger partial charge in [0.1, 0.15) is 0 Å². The van der Waals surface area contributed by atoms with Gasteiger partial charge in [0.2, 0.25) is 0 Å². The third-order valence-corrected chi connectivity index (χ3v) is 3.28. The molecule has 1 saturated carbocycles. The van der Waals surface area contributed by atoms with Gasteiger partial charge in [0.05, 0.1) is 13.0 Å². The smallest absolute Gasteiger partial charge is 0.306 e. The first-order valence-corrected chi connectivity index (χ1v) is 6.68. The molecule has 0 spiro atoms. The van der Waals surface area contributed by atoms with E-state index in [9.17, 15) is 4.79 Å². The number of esters is 1. The molecular weight excluding hydrogens is 220 g/mol. The zero-order valence-electron chi connectivity index (χ0n) is 10.1. The average molecular weight is 242 g/mol. The van der Waals surface area contributed by atoms with Crippen molar-refractivity contribution in [2.75, 3.05) is 12.4 Å². The summed E-state index contributed by atoms with van der Waals surface area (Å²) in [6, 6.07) is 0. The van der Waals surface area contributed by atoms with Gasteiger partial charge in [-0.25, -0.2) is 0 Å². The largest absolute Gasteiger partial charge is 0.466 e. The van der Waals surface area contributed by atoms with Crippen LogP contribution in [0.5, 0.6) is 0 Å². The third kappa shape index (κ3) is 5.06. The molecule has 1 aliphatic carbocycles. The maximum atomic E-state index is 11.1. The molecule has 0 aromatic heterocycles. The minimum atomic E-state index is -0.127. The number of carbonyl (C=O) groups excluding carboxylic acids is 1. The summed E-state index contributed by atoms with van der Waals surface area (Å²) in [6.45, 7) is 6.89. The van der Waals surface area contributed by atoms with Crippen molar-refractivity contribution in [3.63, 3.8) is 0 Å². The first-order valence-electron chi connectivity index (χ1n) is 6.05. The molecule has 92 valence electrons. The fourth-order valence-corrected chi connectivity index (χ4v) is 2.63. The number of carbonyl (C=O) groups is 1. The highest BCUT2D eigenvalue weighted by atomic mass is 32.1. The predicted molar refractivity (Wildman–Crippen MR) is 69.7 cm³/mol. The standard InChI is InChI=1S/C13H22O2S/c1-10-7-11(2)9-12(8-10)3-5-15-13(14)4-6-16/h11-12,16H,1,3-9H2,2H3. The lowest BCUT2D eigenvalue weighted by Crippen LogP contribution is -2.17. The lowest BCUT2D eigenvalue weighted by atomic mass is 9.79. The van der Waals surface area contributed by atoms with Crippen molar-refractivity contribution >= 4 is 18.6 Å². The van der Waals surface area contributed by atoms with Crippen LogP contribution in [0.2, 0.25) is 0 Å². The summed E-state index contributed by atoms with van der Waals surface area (Å²) >= 11 is 3.99. The lowest BCUT2D eigenvalue weighted by Gasteiger charge is -2.28. The Kier molecular flexibility index (Phi) is 5.96. The van der Waals surface area contributed by atoms with Crippen LogP contribution >= 0.6 is 12.6 Å². The summed E-state index contributed by atoms with van der Waals surface area (Å²) < 4.78 is 5.14. The van der Waals surface area contributed by atoms with Crippen molar-refractivity contribution in [3.8, 4) is 0 Å². The Morgan fingerprint density at radius 3 is 2.94 bits per heavy atom. The normalized spacial score (nSPS) is 25.5. The Morgan fingerprint density at radius 2 is 2.31 bits per heavy atom. The van der Waals surface area contributed by atoms with Gasteiger partial charge in [-0.3, -0.25) is 4.79 Å². The second kappa shape index (κ2) is 7.00. The molecule has 0 bridgehead atoms. The van der Waals surface area contributed by atoms with Gasteiger partial charge in [0.15, 0.2) is 0 Å². The Balaban J connectivity index is 2.17. The molecule has 3 heteroatoms. The van der Waals surface area contributed by atoms with Crippen LogP contribution in [0.3, 0.4) is 0 Å². The zero-order chi connectivity index (χ0) is 12.0. The van der Waals surface area contributed by atoms with Crippen molar-refractivity contribution in [2.24, 2.45) is 11.8 Å². The fraction of sp³-hybridized carbons (Fsp3) is 0.769. The van der Waals surface area contributed by atoms with Gasteiger partial charge in [-0.1, -0.05) is 19.1 Å². The second-order valence-electron chi connectivity index (χ2n) is 4.85. The maximum Gasteiger partial charge on any atom is 0.306 e. The summed E-state index contributed by atoms with van der Waals surface area (Å²) in [5, 5.41) is 0. The van der Waals surface area contributed by atoms with Gasteiger partial charge >= 0.3 is 5.97 Å². The average Bonchev–Trinajstić information content (AvgIpc) is 2.16. The molecule has 0 aromatic carbocycles. The molecule has 16 heavy (non-hydrogen) atoms. The molecule has 0 amide bonds. The molecule has 1 aliphatic rings. The molecule has 0 N–H and O–H groups in total. The Labute approximate surface area is 104 Å². The number of hydrogen-bond donors (Lipinski definition) is 1. The molecule has 2 nitrogen and oxygen atoms in total. The number of hydrogen-bond acceptors (Lipinski definition) is 3. The number of ether oxygens (including phenoxy) is 1. The summed E-state index contributed by atoms with van der Waals surface area (Å²) in [4.78, 5) is 11.1. The first kappa shape index (κ1) is 13.6. The Hall–Kier alpha value is -0.440. The predicted octanol–water partition coefficient (Wildman–Crippen LogP) is 3.23. The highest BCUT2D eigenvalue weighted by Gasteiger charge is 2.21. The van der Waals surface area contributed by atoms with E-state index in [2.05, 4.69) is 26.1 Å². The molecular formula is C13H22O2S. The SMILES string of the molecule is C=C1CC(C)CC(CCOC(=O)CCS)C1. The minimum Gasteiger partial charge on any atom is -0.466 e. The van der Waals surface area contributed by atoms with Gasteiger partial charge in [-0.05, 0) is 37.5 Å². The summed E-state index contributed by atoms with van der Waals surface area (Å²) in [5.41, 5.74) is 1.35. The van der Waals surface area contributed by atoms with Crippen LogP contribution in [0.4, 0.5) is 0 Å². The van der Waals surface area contributed by atoms with E-state index in [1.54, 1.807) is 0 Å². The Bertz CT molecular complexity index is 250. The van der Waals surface area contributed by atoms with Crippen molar-refractivity contribution < 1.29 is 9.53 Å². The van der Waals surface area contributed by atoms with E-state index in [4.69, 9.17) is 4.74 Å². The van der Waals surface area contributed by atoms with E-state index in [-0.39, 0.29) is 5.97 Å². The highest BCUT2D eigenvalue weighted by Crippen LogP contribution is 2.33. The van der Waals surface area contributed by atoms with Gasteiger partial charge in [0.25, 0.3) is 0 Å². The first-order chi connectivity index (χ1) is 7.61. The Morgan fingerprint density at radius 1 is 1.56 bits per heavy atom. The van der Waals surface area contributed by atoms with E-state index in [1.807, 2.05) is 0 Å². The second-order valence-corrected chi connectivity index (χ2v) is 5.30. The zero-order valence-corrected chi connectivity index (χ0v) is 11.0. The molecule has 0 aromatic rings. The van der Waals surface area contributed by atoms with Crippen molar-refractivity contribution in [1.29, 1.82) is 0 Å². The van der Waals surface area contributed by atoms with E-state index in [0.717, 1.165) is 25.2 Å². The van der Waals surface area contributed by atoms with Crippen LogP contribution in [0, 0.1) is 11.8 Å². The number of thiol groups is 1. The molecule has 2 atom stereocenters. The van der Waals surface area contributed by atoms with Crippen LogP contribution in [0.25, 0.3) is 0 Å². The minimum absolute atomic E-state index is 0.127. The van der Waals surface area contributed by atoms with Gasteiger partial charge in [-0.2, -0.15) is 12.6 Å². The molecule has 1 rings (SSSR count). The van der Waals surface area contributed by atoms with E-state index < -0.39 is 0 Å². The topological polar surface area (TPSA) is 26.3 Å². The van der Waals surface area contributed by atoms with Crippen molar-refractivity contribution in [2.45, 2.75) is 39.0 Å². The fourth-order valence-electron chi connectivity index (χ4n) is 2.44. The van der Waals surface area contributed by atoms with Crippen LogP contribution in [-0.4, -0.2) is 18.3 Å². The maximum absolute atomic E-state index is 11.1. The molecule has 0 aliphatic heterocycles. The molecule has 0 heterocycles. The van der Waals surface area contributed by atoms with Crippen LogP contribution < -0.4 is 0 Å².